The van der Waals surface area contributed by atoms with Crippen LogP contribution in [-0.4, -0.2) is 33.4 Å². The Morgan fingerprint density at radius 1 is 1.62 bits per heavy atom. The summed E-state index contributed by atoms with van der Waals surface area (Å²) in [5.74, 6) is 0.445. The number of fused-ring (bicyclic) bond motifs is 1. The Morgan fingerprint density at radius 2 is 2.38 bits per heavy atom. The molecule has 0 saturated heterocycles. The molecular formula is C9H13N5O2. The molecule has 0 amide bonds. The van der Waals surface area contributed by atoms with Gasteiger partial charge in [-0.05, 0) is 6.92 Å². The number of aromatic nitrogens is 2. The number of nitrogens with one attached hydrogen (secondary N) is 2. The molecule has 0 aromatic carbocycles. The predicted molar refractivity (Wildman–Crippen MR) is 61.2 cm³/mol. The number of anilines is 2. The minimum Gasteiger partial charge on any atom is -0.393 e. The maximum Gasteiger partial charge on any atom is 0.280 e. The summed E-state index contributed by atoms with van der Waals surface area (Å²) in [6, 6.07) is 0. The molecule has 1 aromatic heterocycles. The van der Waals surface area contributed by atoms with E-state index in [1.165, 1.54) is 0 Å². The highest BCUT2D eigenvalue weighted by atomic mass is 16.3. The van der Waals surface area contributed by atoms with Crippen molar-refractivity contribution in [3.63, 3.8) is 0 Å². The van der Waals surface area contributed by atoms with Crippen LogP contribution in [0.2, 0.25) is 0 Å². The monoisotopic (exact) mass is 223 g/mol. The van der Waals surface area contributed by atoms with E-state index < -0.39 is 6.10 Å². The molecule has 0 fully saturated rings. The molecule has 2 rings (SSSR count). The van der Waals surface area contributed by atoms with E-state index in [1.807, 2.05) is 0 Å². The highest BCUT2D eigenvalue weighted by molar-refractivity contribution is 5.94. The summed E-state index contributed by atoms with van der Waals surface area (Å²) in [7, 11) is 0. The molecule has 0 aliphatic carbocycles. The van der Waals surface area contributed by atoms with Crippen molar-refractivity contribution in [2.24, 2.45) is 4.99 Å². The van der Waals surface area contributed by atoms with Crippen molar-refractivity contribution < 1.29 is 5.11 Å². The SMILES string of the molecule is CC(O)CC1=Nc2c(nc(N)[nH]c2=O)NC1. The molecule has 0 spiro atoms. The Labute approximate surface area is 91.4 Å². The van der Waals surface area contributed by atoms with Gasteiger partial charge in [0.15, 0.2) is 11.5 Å². The van der Waals surface area contributed by atoms with Gasteiger partial charge in [-0.15, -0.1) is 0 Å². The first-order valence-electron chi connectivity index (χ1n) is 4.94. The summed E-state index contributed by atoms with van der Waals surface area (Å²) in [6.45, 7) is 2.14. The zero-order valence-electron chi connectivity index (χ0n) is 8.82. The second kappa shape index (κ2) is 3.93. The number of aromatic amines is 1. The van der Waals surface area contributed by atoms with Crippen LogP contribution in [0.4, 0.5) is 17.5 Å². The van der Waals surface area contributed by atoms with Gasteiger partial charge in [0.2, 0.25) is 5.95 Å². The number of H-pyrrole nitrogens is 1. The Bertz CT molecular complexity index is 491. The van der Waals surface area contributed by atoms with Crippen LogP contribution in [0.3, 0.4) is 0 Å². The van der Waals surface area contributed by atoms with E-state index in [4.69, 9.17) is 5.73 Å². The van der Waals surface area contributed by atoms with Gasteiger partial charge in [-0.25, -0.2) is 4.99 Å². The Balaban J connectivity index is 2.40. The summed E-state index contributed by atoms with van der Waals surface area (Å²) in [6.07, 6.45) is -0.0566. The third-order valence-electron chi connectivity index (χ3n) is 2.17. The third kappa shape index (κ3) is 2.03. The van der Waals surface area contributed by atoms with Gasteiger partial charge in [0.25, 0.3) is 5.56 Å². The van der Waals surface area contributed by atoms with Crippen molar-refractivity contribution in [1.82, 2.24) is 9.97 Å². The van der Waals surface area contributed by atoms with Crippen LogP contribution in [0, 0.1) is 0 Å². The van der Waals surface area contributed by atoms with E-state index in [1.54, 1.807) is 6.92 Å². The molecule has 16 heavy (non-hydrogen) atoms. The summed E-state index contributed by atoms with van der Waals surface area (Å²) in [5.41, 5.74) is 5.97. The molecule has 1 unspecified atom stereocenters. The van der Waals surface area contributed by atoms with Crippen molar-refractivity contribution in [1.29, 1.82) is 0 Å². The zero-order valence-corrected chi connectivity index (χ0v) is 8.82. The molecule has 7 heteroatoms. The van der Waals surface area contributed by atoms with Crippen molar-refractivity contribution >= 4 is 23.2 Å². The predicted octanol–water partition coefficient (Wildman–Crippen LogP) is -0.379. The van der Waals surface area contributed by atoms with Crippen molar-refractivity contribution in [3.8, 4) is 0 Å². The topological polar surface area (TPSA) is 116 Å². The normalized spacial score (nSPS) is 16.0. The van der Waals surface area contributed by atoms with Gasteiger partial charge in [0, 0.05) is 12.1 Å². The number of nitrogens with two attached hydrogens (primary N) is 1. The van der Waals surface area contributed by atoms with Crippen LogP contribution < -0.4 is 16.6 Å². The lowest BCUT2D eigenvalue weighted by Gasteiger charge is -2.16. The van der Waals surface area contributed by atoms with Crippen LogP contribution in [0.25, 0.3) is 0 Å². The number of aliphatic imine (C=N–C) groups is 1. The summed E-state index contributed by atoms with van der Waals surface area (Å²) < 4.78 is 0. The Morgan fingerprint density at radius 3 is 3.06 bits per heavy atom. The van der Waals surface area contributed by atoms with Crippen LogP contribution in [0.5, 0.6) is 0 Å². The second-order valence-electron chi connectivity index (χ2n) is 3.73. The maximum atomic E-state index is 11.5. The van der Waals surface area contributed by atoms with E-state index in [-0.39, 0.29) is 17.2 Å². The first-order chi connectivity index (χ1) is 7.56. The minimum atomic E-state index is -0.483. The number of nitrogens with zero attached hydrogens (tertiary/aromatic N) is 2. The molecule has 7 nitrogen and oxygen atoms in total. The number of rotatable bonds is 2. The average molecular weight is 223 g/mol. The minimum absolute atomic E-state index is 0.0606. The van der Waals surface area contributed by atoms with Gasteiger partial charge in [0.05, 0.1) is 12.6 Å². The molecule has 1 atom stereocenters. The Hall–Kier alpha value is -1.89. The van der Waals surface area contributed by atoms with Gasteiger partial charge < -0.3 is 16.2 Å². The highest BCUT2D eigenvalue weighted by Crippen LogP contribution is 2.22. The molecule has 5 N–H and O–H groups in total. The number of hydrogen-bond donors (Lipinski definition) is 4. The molecule has 0 saturated carbocycles. The van der Waals surface area contributed by atoms with Crippen molar-refractivity contribution in [2.45, 2.75) is 19.4 Å². The fraction of sp³-hybridized carbons (Fsp3) is 0.444. The Kier molecular flexibility index (Phi) is 2.61. The van der Waals surface area contributed by atoms with Gasteiger partial charge >= 0.3 is 0 Å². The first kappa shape index (κ1) is 10.6. The maximum absolute atomic E-state index is 11.5. The van der Waals surface area contributed by atoms with Crippen molar-refractivity contribution in [2.75, 3.05) is 17.6 Å². The molecule has 86 valence electrons. The van der Waals surface area contributed by atoms with Gasteiger partial charge in [0.1, 0.15) is 0 Å². The van der Waals surface area contributed by atoms with Crippen LogP contribution in [-0.2, 0) is 0 Å². The number of aliphatic hydroxyl groups excluding tert-OH is 1. The molecule has 1 aliphatic rings. The van der Waals surface area contributed by atoms with Gasteiger partial charge in [-0.2, -0.15) is 4.98 Å². The second-order valence-corrected chi connectivity index (χ2v) is 3.73. The number of hydrogen-bond acceptors (Lipinski definition) is 6. The van der Waals surface area contributed by atoms with Crippen LogP contribution in [0.1, 0.15) is 13.3 Å². The van der Waals surface area contributed by atoms with E-state index in [2.05, 4.69) is 20.3 Å². The molecule has 0 bridgehead atoms. The van der Waals surface area contributed by atoms with Crippen LogP contribution >= 0.6 is 0 Å². The average Bonchev–Trinajstić information content (AvgIpc) is 2.18. The largest absolute Gasteiger partial charge is 0.393 e. The standard InChI is InChI=1S/C9H13N5O2/c1-4(15)2-5-3-11-7-6(12-5)8(16)14-9(10)13-7/h4,15H,2-3H2,1H3,(H4,10,11,13,14,16). The molecular weight excluding hydrogens is 210 g/mol. The van der Waals surface area contributed by atoms with E-state index >= 15 is 0 Å². The fourth-order valence-corrected chi connectivity index (χ4v) is 1.55. The van der Waals surface area contributed by atoms with E-state index in [0.717, 1.165) is 5.71 Å². The lowest BCUT2D eigenvalue weighted by atomic mass is 10.1. The van der Waals surface area contributed by atoms with Crippen LogP contribution in [0.15, 0.2) is 9.79 Å². The summed E-state index contributed by atoms with van der Waals surface area (Å²) in [5, 5.41) is 12.2. The lowest BCUT2D eigenvalue weighted by Crippen LogP contribution is -2.25. The van der Waals surface area contributed by atoms with E-state index in [9.17, 15) is 9.90 Å². The highest BCUT2D eigenvalue weighted by Gasteiger charge is 2.17. The number of nitrogen functional groups attached to an aromatic ring is 1. The third-order valence-corrected chi connectivity index (χ3v) is 2.17. The zero-order chi connectivity index (χ0) is 11.7. The van der Waals surface area contributed by atoms with Gasteiger partial charge in [-0.3, -0.25) is 9.78 Å². The van der Waals surface area contributed by atoms with E-state index in [0.29, 0.717) is 18.8 Å². The summed E-state index contributed by atoms with van der Waals surface area (Å²) in [4.78, 5) is 22.0. The van der Waals surface area contributed by atoms with Crippen molar-refractivity contribution in [3.05, 3.63) is 10.4 Å². The molecule has 0 radical (unpaired) electrons. The smallest absolute Gasteiger partial charge is 0.280 e. The van der Waals surface area contributed by atoms with Gasteiger partial charge in [-0.1, -0.05) is 0 Å². The molecule has 1 aliphatic heterocycles. The fourth-order valence-electron chi connectivity index (χ4n) is 1.55. The molecule has 1 aromatic rings. The summed E-state index contributed by atoms with van der Waals surface area (Å²) >= 11 is 0. The quantitative estimate of drug-likeness (QED) is 0.545. The number of aliphatic hydroxyl groups is 1. The first-order valence-corrected chi connectivity index (χ1v) is 4.94. The molecule has 2 heterocycles. The lowest BCUT2D eigenvalue weighted by molar-refractivity contribution is 0.203.